The van der Waals surface area contributed by atoms with Crippen molar-refractivity contribution in [3.8, 4) is 0 Å². The number of H-pyrrole nitrogens is 1. The van der Waals surface area contributed by atoms with E-state index in [4.69, 9.17) is 14.2 Å². The molecular weight excluding hydrogens is 655 g/mol. The molecule has 3 atom stereocenters. The fraction of sp³-hybridized carbons (Fsp3) is 0.538. The van der Waals surface area contributed by atoms with Crippen LogP contribution >= 0.6 is 0 Å². The quantitative estimate of drug-likeness (QED) is 0.132. The van der Waals surface area contributed by atoms with Crippen LogP contribution in [0, 0.1) is 11.8 Å². The third-order valence-corrected chi connectivity index (χ3v) is 9.71. The summed E-state index contributed by atoms with van der Waals surface area (Å²) in [7, 11) is 0. The normalized spacial score (nSPS) is 21.2. The number of esters is 1. The Hall–Kier alpha value is -4.45. The summed E-state index contributed by atoms with van der Waals surface area (Å²) in [5.74, 6) is -1.44. The molecule has 1 aliphatic carbocycles. The van der Waals surface area contributed by atoms with Gasteiger partial charge in [-0.3, -0.25) is 9.59 Å². The number of alkyl halides is 1. The second kappa shape index (κ2) is 17.2. The molecule has 2 fully saturated rings. The first-order valence-corrected chi connectivity index (χ1v) is 18.1. The van der Waals surface area contributed by atoms with Gasteiger partial charge in [0.2, 0.25) is 11.8 Å². The van der Waals surface area contributed by atoms with E-state index in [1.165, 1.54) is 0 Å². The van der Waals surface area contributed by atoms with Crippen molar-refractivity contribution in [1.29, 1.82) is 0 Å². The number of anilines is 1. The van der Waals surface area contributed by atoms with Crippen LogP contribution in [0.1, 0.15) is 88.2 Å². The fourth-order valence-corrected chi connectivity index (χ4v) is 7.24. The summed E-state index contributed by atoms with van der Waals surface area (Å²) in [4.78, 5) is 58.0. The first-order chi connectivity index (χ1) is 24.5. The van der Waals surface area contributed by atoms with E-state index in [0.717, 1.165) is 16.5 Å². The highest BCUT2D eigenvalue weighted by Crippen LogP contribution is 2.39. The summed E-state index contributed by atoms with van der Waals surface area (Å²) in [5.41, 5.74) is 1.88. The SMILES string of the molecule is CCOCCCOC(=O)c1cc2cc(NC(=O)[C@H]3[C@H](c4ccccc4)CCN3C(=O)C3CCC([C@@H](CF)NC(=O)OC(C)(C)C)CC3)ccc2[nH]1. The first-order valence-electron chi connectivity index (χ1n) is 18.1. The molecule has 1 saturated carbocycles. The molecule has 0 bridgehead atoms. The lowest BCUT2D eigenvalue weighted by atomic mass is 9.78. The minimum Gasteiger partial charge on any atom is -0.461 e. The number of rotatable bonds is 13. The molecule has 3 N–H and O–H groups in total. The molecule has 276 valence electrons. The molecule has 0 unspecified atom stereocenters. The van der Waals surface area contributed by atoms with Gasteiger partial charge < -0.3 is 34.7 Å². The largest absolute Gasteiger partial charge is 0.461 e. The van der Waals surface area contributed by atoms with E-state index in [1.54, 1.807) is 49.9 Å². The summed E-state index contributed by atoms with van der Waals surface area (Å²) in [6.07, 6.45) is 2.83. The van der Waals surface area contributed by atoms with Crippen LogP contribution in [0.3, 0.4) is 0 Å². The Morgan fingerprint density at radius 3 is 2.41 bits per heavy atom. The van der Waals surface area contributed by atoms with E-state index in [1.807, 2.05) is 37.3 Å². The molecule has 1 aliphatic heterocycles. The van der Waals surface area contributed by atoms with E-state index in [0.29, 0.717) is 69.7 Å². The minimum atomic E-state index is -0.728. The van der Waals surface area contributed by atoms with Crippen molar-refractivity contribution in [2.75, 3.05) is 38.4 Å². The zero-order valence-electron chi connectivity index (χ0n) is 30.0. The molecule has 1 saturated heterocycles. The van der Waals surface area contributed by atoms with Crippen molar-refractivity contribution >= 4 is 40.5 Å². The van der Waals surface area contributed by atoms with Gasteiger partial charge in [-0.2, -0.15) is 0 Å². The third kappa shape index (κ3) is 9.87. The number of nitrogens with one attached hydrogen (secondary N) is 3. The van der Waals surface area contributed by atoms with Gasteiger partial charge in [-0.25, -0.2) is 14.0 Å². The number of ether oxygens (including phenoxy) is 3. The van der Waals surface area contributed by atoms with Crippen LogP contribution in [0.25, 0.3) is 10.9 Å². The number of likely N-dealkylation sites (tertiary alicyclic amines) is 1. The van der Waals surface area contributed by atoms with Crippen molar-refractivity contribution in [1.82, 2.24) is 15.2 Å². The Kier molecular flexibility index (Phi) is 12.7. The molecule has 12 heteroatoms. The number of alkyl carbamates (subject to hydrolysis) is 1. The zero-order chi connectivity index (χ0) is 36.5. The summed E-state index contributed by atoms with van der Waals surface area (Å²) < 4.78 is 30.0. The van der Waals surface area contributed by atoms with E-state index < -0.39 is 36.4 Å². The molecule has 2 heterocycles. The Balaban J connectivity index is 1.25. The van der Waals surface area contributed by atoms with Gasteiger partial charge in [0.1, 0.15) is 24.0 Å². The Morgan fingerprint density at radius 2 is 1.73 bits per heavy atom. The van der Waals surface area contributed by atoms with Crippen LogP contribution in [-0.2, 0) is 23.8 Å². The van der Waals surface area contributed by atoms with Gasteiger partial charge >= 0.3 is 12.1 Å². The lowest BCUT2D eigenvalue weighted by Gasteiger charge is -2.36. The molecule has 2 aromatic carbocycles. The number of halogens is 1. The first kappa shape index (κ1) is 37.8. The highest BCUT2D eigenvalue weighted by Gasteiger charge is 2.45. The van der Waals surface area contributed by atoms with Gasteiger partial charge in [-0.15, -0.1) is 0 Å². The molecule has 2 aliphatic rings. The summed E-state index contributed by atoms with van der Waals surface area (Å²) in [6.45, 7) is 8.28. The van der Waals surface area contributed by atoms with E-state index in [2.05, 4.69) is 15.6 Å². The number of nitrogens with zero attached hydrogens (tertiary/aromatic N) is 1. The number of aromatic amines is 1. The van der Waals surface area contributed by atoms with Crippen LogP contribution in [0.5, 0.6) is 0 Å². The molecular formula is C39H51FN4O7. The molecule has 5 rings (SSSR count). The number of benzene rings is 2. The van der Waals surface area contributed by atoms with E-state index in [9.17, 15) is 23.6 Å². The maximum Gasteiger partial charge on any atom is 0.407 e. The fourth-order valence-electron chi connectivity index (χ4n) is 7.24. The number of hydrogen-bond donors (Lipinski definition) is 3. The maximum absolute atomic E-state index is 14.1. The summed E-state index contributed by atoms with van der Waals surface area (Å²) in [6, 6.07) is 15.4. The number of carbonyl (C=O) groups is 4. The minimum absolute atomic E-state index is 0.0746. The number of amides is 3. The predicted molar refractivity (Wildman–Crippen MR) is 192 cm³/mol. The molecule has 3 aromatic rings. The topological polar surface area (TPSA) is 139 Å². The average molecular weight is 707 g/mol. The molecule has 1 aromatic heterocycles. The van der Waals surface area contributed by atoms with Crippen LogP contribution in [-0.4, -0.2) is 84.5 Å². The monoisotopic (exact) mass is 706 g/mol. The van der Waals surface area contributed by atoms with Crippen LogP contribution < -0.4 is 10.6 Å². The van der Waals surface area contributed by atoms with Crippen molar-refractivity contribution in [3.63, 3.8) is 0 Å². The third-order valence-electron chi connectivity index (χ3n) is 9.71. The lowest BCUT2D eigenvalue weighted by molar-refractivity contribution is -0.141. The van der Waals surface area contributed by atoms with Crippen molar-refractivity contribution in [2.24, 2.45) is 11.8 Å². The van der Waals surface area contributed by atoms with Gasteiger partial charge in [-0.1, -0.05) is 30.3 Å². The summed E-state index contributed by atoms with van der Waals surface area (Å²) in [5, 5.41) is 6.46. The number of aromatic nitrogens is 1. The van der Waals surface area contributed by atoms with Crippen molar-refractivity contribution in [2.45, 2.75) is 89.8 Å². The van der Waals surface area contributed by atoms with Gasteiger partial charge in [0, 0.05) is 54.6 Å². The average Bonchev–Trinajstić information content (AvgIpc) is 3.75. The Morgan fingerprint density at radius 1 is 0.980 bits per heavy atom. The standard InChI is InChI=1S/C39H51FN4O7/c1-5-49-20-9-21-50-37(47)32-23-28-22-29(16-17-31(28)42-32)41-35(45)34-30(25-10-7-6-8-11-25)18-19-44(34)36(46)27-14-12-26(13-15-27)33(24-40)43-38(48)51-39(2,3)4/h6-8,10-11,16-17,22-23,26-27,30,33-34,42H,5,9,12-15,18-21,24H2,1-4H3,(H,41,45)(H,43,48)/t26?,27?,30-,33+,34+/m0/s1. The van der Waals surface area contributed by atoms with E-state index in [-0.39, 0.29) is 36.2 Å². The van der Waals surface area contributed by atoms with Crippen LogP contribution in [0.2, 0.25) is 0 Å². The highest BCUT2D eigenvalue weighted by molar-refractivity contribution is 6.01. The second-order valence-corrected chi connectivity index (χ2v) is 14.5. The van der Waals surface area contributed by atoms with Gasteiger partial charge in [0.05, 0.1) is 12.6 Å². The molecule has 51 heavy (non-hydrogen) atoms. The van der Waals surface area contributed by atoms with Crippen molar-refractivity contribution in [3.05, 3.63) is 65.9 Å². The highest BCUT2D eigenvalue weighted by atomic mass is 19.1. The van der Waals surface area contributed by atoms with Gasteiger partial charge in [0.25, 0.3) is 0 Å². The molecule has 3 amide bonds. The predicted octanol–water partition coefficient (Wildman–Crippen LogP) is 6.74. The zero-order valence-corrected chi connectivity index (χ0v) is 30.0. The molecule has 0 spiro atoms. The molecule has 11 nitrogen and oxygen atoms in total. The Labute approximate surface area is 299 Å². The summed E-state index contributed by atoms with van der Waals surface area (Å²) >= 11 is 0. The smallest absolute Gasteiger partial charge is 0.407 e. The van der Waals surface area contributed by atoms with Crippen LogP contribution in [0.15, 0.2) is 54.6 Å². The van der Waals surface area contributed by atoms with Gasteiger partial charge in [-0.05, 0) is 95.5 Å². The Bertz CT molecular complexity index is 1650. The number of carbonyl (C=O) groups excluding carboxylic acids is 4. The van der Waals surface area contributed by atoms with Crippen LogP contribution in [0.4, 0.5) is 14.9 Å². The van der Waals surface area contributed by atoms with Crippen molar-refractivity contribution < 1.29 is 37.8 Å². The number of hydrogen-bond acceptors (Lipinski definition) is 7. The van der Waals surface area contributed by atoms with Gasteiger partial charge in [0.15, 0.2) is 0 Å². The number of fused-ring (bicyclic) bond motifs is 1. The lowest BCUT2D eigenvalue weighted by Crippen LogP contribution is -2.49. The van der Waals surface area contributed by atoms with E-state index >= 15 is 0 Å². The second-order valence-electron chi connectivity index (χ2n) is 14.5. The maximum atomic E-state index is 14.1. The molecule has 0 radical (unpaired) electrons.